The Bertz CT molecular complexity index is 779. The van der Waals surface area contributed by atoms with Gasteiger partial charge in [-0.25, -0.2) is 15.2 Å². The van der Waals surface area contributed by atoms with Gasteiger partial charge in [-0.05, 0) is 25.5 Å². The molecule has 0 amide bonds. The molecule has 0 aliphatic carbocycles. The van der Waals surface area contributed by atoms with E-state index in [-0.39, 0.29) is 18.1 Å². The van der Waals surface area contributed by atoms with E-state index in [0.29, 0.717) is 17.6 Å². The van der Waals surface area contributed by atoms with Crippen LogP contribution >= 0.6 is 0 Å². The van der Waals surface area contributed by atoms with Gasteiger partial charge in [-0.1, -0.05) is 0 Å². The number of nitrogen functional groups attached to an aromatic ring is 1. The van der Waals surface area contributed by atoms with Gasteiger partial charge < -0.3 is 19.9 Å². The van der Waals surface area contributed by atoms with Crippen molar-refractivity contribution in [2.75, 3.05) is 25.9 Å². The van der Waals surface area contributed by atoms with Crippen molar-refractivity contribution in [2.24, 2.45) is 0 Å². The zero-order chi connectivity index (χ0) is 15.9. The molecule has 0 unspecified atom stereocenters. The number of hydrazine groups is 1. The Morgan fingerprint density at radius 2 is 2.36 bits per heavy atom. The maximum atomic E-state index is 11.9. The molecule has 0 saturated carbocycles. The van der Waals surface area contributed by atoms with E-state index in [9.17, 15) is 4.79 Å². The molecule has 0 saturated heterocycles. The highest BCUT2D eigenvalue weighted by Gasteiger charge is 2.23. The van der Waals surface area contributed by atoms with Crippen LogP contribution in [-0.2, 0) is 4.74 Å². The van der Waals surface area contributed by atoms with Crippen molar-refractivity contribution in [1.29, 1.82) is 0 Å². The Morgan fingerprint density at radius 1 is 1.59 bits per heavy atom. The third kappa shape index (κ3) is 2.29. The monoisotopic (exact) mass is 302 g/mol. The van der Waals surface area contributed by atoms with E-state index in [1.807, 2.05) is 31.2 Å². The fraction of sp³-hybridized carbons (Fsp3) is 0.333. The summed E-state index contributed by atoms with van der Waals surface area (Å²) in [6.45, 7) is 4.63. The number of nitrogens with one attached hydrogen (secondary N) is 1. The number of carbonyl (C=O) groups excluding carboxylic acids is 1. The smallest absolute Gasteiger partial charge is 0.376 e. The number of anilines is 1. The molecule has 0 bridgehead atoms. The predicted molar refractivity (Wildman–Crippen MR) is 82.9 cm³/mol. The molecule has 0 fully saturated rings. The van der Waals surface area contributed by atoms with Gasteiger partial charge in [0.2, 0.25) is 5.76 Å². The van der Waals surface area contributed by atoms with Crippen molar-refractivity contribution >= 4 is 28.3 Å². The van der Waals surface area contributed by atoms with Crippen LogP contribution in [0.4, 0.5) is 5.69 Å². The SMILES string of the molecule is CCOC(=O)c1oc2cc(C)c(C3=CN(C)NC3)nc2c1N. The number of esters is 1. The summed E-state index contributed by atoms with van der Waals surface area (Å²) in [6, 6.07) is 1.84. The lowest BCUT2D eigenvalue weighted by Gasteiger charge is -2.05. The number of fused-ring (bicyclic) bond motifs is 1. The molecule has 3 N–H and O–H groups in total. The van der Waals surface area contributed by atoms with E-state index < -0.39 is 5.97 Å². The number of nitrogens with two attached hydrogens (primary N) is 1. The zero-order valence-corrected chi connectivity index (χ0v) is 12.8. The predicted octanol–water partition coefficient (Wildman–Crippen LogP) is 1.69. The van der Waals surface area contributed by atoms with Crippen LogP contribution in [0.15, 0.2) is 16.7 Å². The number of rotatable bonds is 3. The Morgan fingerprint density at radius 3 is 3.00 bits per heavy atom. The molecule has 3 rings (SSSR count). The molecule has 22 heavy (non-hydrogen) atoms. The quantitative estimate of drug-likeness (QED) is 0.833. The van der Waals surface area contributed by atoms with E-state index >= 15 is 0 Å². The van der Waals surface area contributed by atoms with E-state index in [0.717, 1.165) is 16.8 Å². The molecule has 1 aliphatic heterocycles. The molecule has 0 spiro atoms. The van der Waals surface area contributed by atoms with Gasteiger partial charge in [0.1, 0.15) is 11.2 Å². The van der Waals surface area contributed by atoms with Crippen LogP contribution in [0.5, 0.6) is 0 Å². The topological polar surface area (TPSA) is 93.6 Å². The van der Waals surface area contributed by atoms with Crippen LogP contribution in [0.25, 0.3) is 16.7 Å². The second kappa shape index (κ2) is 5.34. The molecule has 0 atom stereocenters. The molecule has 0 radical (unpaired) electrons. The van der Waals surface area contributed by atoms with Gasteiger partial charge in [0, 0.05) is 25.4 Å². The fourth-order valence-electron chi connectivity index (χ4n) is 2.48. The molecule has 1 aliphatic rings. The summed E-state index contributed by atoms with van der Waals surface area (Å²) in [5.41, 5.74) is 13.2. The van der Waals surface area contributed by atoms with Crippen molar-refractivity contribution in [3.63, 3.8) is 0 Å². The summed E-state index contributed by atoms with van der Waals surface area (Å²) in [4.78, 5) is 16.4. The van der Waals surface area contributed by atoms with Gasteiger partial charge in [-0.3, -0.25) is 0 Å². The van der Waals surface area contributed by atoms with Gasteiger partial charge >= 0.3 is 5.97 Å². The van der Waals surface area contributed by atoms with Gasteiger partial charge in [0.25, 0.3) is 0 Å². The van der Waals surface area contributed by atoms with E-state index in [1.54, 1.807) is 6.92 Å². The van der Waals surface area contributed by atoms with E-state index in [1.165, 1.54) is 0 Å². The molecule has 2 aromatic rings. The van der Waals surface area contributed by atoms with Crippen LogP contribution in [0.3, 0.4) is 0 Å². The van der Waals surface area contributed by atoms with E-state index in [2.05, 4.69) is 10.4 Å². The number of aromatic nitrogens is 1. The first-order valence-corrected chi connectivity index (χ1v) is 7.05. The van der Waals surface area contributed by atoms with Crippen molar-refractivity contribution < 1.29 is 13.9 Å². The Hall–Kier alpha value is -2.54. The summed E-state index contributed by atoms with van der Waals surface area (Å²) >= 11 is 0. The van der Waals surface area contributed by atoms with Crippen LogP contribution in [0.1, 0.15) is 28.7 Å². The summed E-state index contributed by atoms with van der Waals surface area (Å²) in [5, 5.41) is 1.88. The second-order valence-electron chi connectivity index (χ2n) is 5.17. The number of carbonyl (C=O) groups is 1. The highest BCUT2D eigenvalue weighted by atomic mass is 16.5. The highest BCUT2D eigenvalue weighted by molar-refractivity contribution is 6.02. The van der Waals surface area contributed by atoms with Gasteiger partial charge in [-0.15, -0.1) is 0 Å². The average molecular weight is 302 g/mol. The Kier molecular flexibility index (Phi) is 3.50. The first kappa shape index (κ1) is 14.4. The largest absolute Gasteiger partial charge is 0.460 e. The number of hydrogen-bond donors (Lipinski definition) is 2. The molecule has 116 valence electrons. The summed E-state index contributed by atoms with van der Waals surface area (Å²) in [6.07, 6.45) is 1.98. The minimum Gasteiger partial charge on any atom is -0.460 e. The van der Waals surface area contributed by atoms with Crippen molar-refractivity contribution in [2.45, 2.75) is 13.8 Å². The lowest BCUT2D eigenvalue weighted by molar-refractivity contribution is 0.0494. The molecule has 2 aromatic heterocycles. The maximum Gasteiger partial charge on any atom is 0.376 e. The summed E-state index contributed by atoms with van der Waals surface area (Å²) in [7, 11) is 1.92. The molecular formula is C15H18N4O3. The normalized spacial score (nSPS) is 14.5. The third-order valence-electron chi connectivity index (χ3n) is 3.52. The van der Waals surface area contributed by atoms with Crippen LogP contribution < -0.4 is 11.2 Å². The fourth-order valence-corrected chi connectivity index (χ4v) is 2.48. The van der Waals surface area contributed by atoms with Gasteiger partial charge in [0.05, 0.1) is 12.3 Å². The number of pyridine rings is 1. The number of aryl methyl sites for hydroxylation is 1. The zero-order valence-electron chi connectivity index (χ0n) is 12.8. The van der Waals surface area contributed by atoms with E-state index in [4.69, 9.17) is 14.9 Å². The first-order valence-electron chi connectivity index (χ1n) is 7.05. The summed E-state index contributed by atoms with van der Waals surface area (Å²) in [5.74, 6) is -0.560. The Balaban J connectivity index is 2.11. The van der Waals surface area contributed by atoms with Gasteiger partial charge in [0.15, 0.2) is 5.58 Å². The maximum absolute atomic E-state index is 11.9. The standard InChI is InChI=1S/C15H18N4O3/c1-4-21-15(20)14-11(16)13-10(22-14)5-8(2)12(18-13)9-6-17-19(3)7-9/h5,7,17H,4,6,16H2,1-3H3. The van der Waals surface area contributed by atoms with Crippen LogP contribution in [0, 0.1) is 6.92 Å². The highest BCUT2D eigenvalue weighted by Crippen LogP contribution is 2.31. The lowest BCUT2D eigenvalue weighted by atomic mass is 10.1. The minimum absolute atomic E-state index is 0.0107. The molecule has 7 nitrogen and oxygen atoms in total. The number of hydrogen-bond acceptors (Lipinski definition) is 7. The summed E-state index contributed by atoms with van der Waals surface area (Å²) < 4.78 is 10.5. The molecule has 7 heteroatoms. The van der Waals surface area contributed by atoms with Crippen molar-refractivity contribution in [3.05, 3.63) is 29.3 Å². The number of nitrogens with zero attached hydrogens (tertiary/aromatic N) is 2. The minimum atomic E-state index is -0.571. The number of furan rings is 1. The van der Waals surface area contributed by atoms with Crippen LogP contribution in [0.2, 0.25) is 0 Å². The average Bonchev–Trinajstić information content (AvgIpc) is 3.03. The lowest BCUT2D eigenvalue weighted by Crippen LogP contribution is -2.23. The third-order valence-corrected chi connectivity index (χ3v) is 3.52. The second-order valence-corrected chi connectivity index (χ2v) is 5.17. The molecule has 3 heterocycles. The number of ether oxygens (including phenoxy) is 1. The molecule has 0 aromatic carbocycles. The molecular weight excluding hydrogens is 284 g/mol. The van der Waals surface area contributed by atoms with Crippen LogP contribution in [-0.4, -0.2) is 36.2 Å². The first-order chi connectivity index (χ1) is 10.5. The van der Waals surface area contributed by atoms with Crippen molar-refractivity contribution in [3.8, 4) is 0 Å². The van der Waals surface area contributed by atoms with Gasteiger partial charge in [-0.2, -0.15) is 0 Å². The Labute approximate surface area is 127 Å². The van der Waals surface area contributed by atoms with Crippen molar-refractivity contribution in [1.82, 2.24) is 15.4 Å².